The Balaban J connectivity index is 2.31. The second kappa shape index (κ2) is 6.30. The van der Waals surface area contributed by atoms with E-state index in [0.717, 1.165) is 6.42 Å². The Morgan fingerprint density at radius 2 is 2.25 bits per heavy atom. The fourth-order valence-electron chi connectivity index (χ4n) is 2.33. The maximum atomic E-state index is 12.9. The summed E-state index contributed by atoms with van der Waals surface area (Å²) in [6, 6.07) is 0. The third-order valence-electron chi connectivity index (χ3n) is 3.27. The van der Waals surface area contributed by atoms with Crippen molar-refractivity contribution in [2.45, 2.75) is 45.1 Å². The standard InChI is InChI=1S/C13H17F2NO4/c1-3-8-7(5-6-19-8)12-16-9(11(14)15)10(20-12)13(17)18-4-2/h7-8,11H,3-6H2,1-2H3. The minimum absolute atomic E-state index is 0.0850. The summed E-state index contributed by atoms with van der Waals surface area (Å²) in [6.07, 6.45) is -1.63. The van der Waals surface area contributed by atoms with Crippen LogP contribution in [0.5, 0.6) is 0 Å². The maximum absolute atomic E-state index is 12.9. The molecule has 1 aliphatic rings. The number of oxazole rings is 1. The zero-order valence-corrected chi connectivity index (χ0v) is 11.4. The molecule has 20 heavy (non-hydrogen) atoms. The third-order valence-corrected chi connectivity index (χ3v) is 3.27. The van der Waals surface area contributed by atoms with E-state index < -0.39 is 23.8 Å². The largest absolute Gasteiger partial charge is 0.460 e. The van der Waals surface area contributed by atoms with Crippen molar-refractivity contribution < 1.29 is 27.5 Å². The molecule has 2 atom stereocenters. The van der Waals surface area contributed by atoms with Gasteiger partial charge in [-0.3, -0.25) is 0 Å². The van der Waals surface area contributed by atoms with Crippen LogP contribution in [0.3, 0.4) is 0 Å². The molecule has 2 unspecified atom stereocenters. The maximum Gasteiger partial charge on any atom is 0.376 e. The lowest BCUT2D eigenvalue weighted by Gasteiger charge is -2.12. The molecular formula is C13H17F2NO4. The van der Waals surface area contributed by atoms with Gasteiger partial charge in [0, 0.05) is 6.61 Å². The average Bonchev–Trinajstić information content (AvgIpc) is 3.04. The van der Waals surface area contributed by atoms with Crippen LogP contribution in [-0.2, 0) is 9.47 Å². The van der Waals surface area contributed by atoms with Crippen molar-refractivity contribution in [2.24, 2.45) is 0 Å². The van der Waals surface area contributed by atoms with E-state index in [1.54, 1.807) is 6.92 Å². The van der Waals surface area contributed by atoms with Crippen LogP contribution < -0.4 is 0 Å². The first kappa shape index (κ1) is 14.9. The number of carbonyl (C=O) groups is 1. The number of alkyl halides is 2. The highest BCUT2D eigenvalue weighted by Gasteiger charge is 2.36. The molecule has 0 saturated carbocycles. The average molecular weight is 289 g/mol. The first-order valence-electron chi connectivity index (χ1n) is 6.65. The van der Waals surface area contributed by atoms with Crippen molar-refractivity contribution in [1.29, 1.82) is 0 Å². The van der Waals surface area contributed by atoms with E-state index in [2.05, 4.69) is 4.98 Å². The molecule has 2 rings (SSSR count). The van der Waals surface area contributed by atoms with Crippen LogP contribution in [-0.4, -0.2) is 30.3 Å². The monoisotopic (exact) mass is 289 g/mol. The molecule has 2 heterocycles. The van der Waals surface area contributed by atoms with Crippen LogP contribution >= 0.6 is 0 Å². The summed E-state index contributed by atoms with van der Waals surface area (Å²) >= 11 is 0. The molecular weight excluding hydrogens is 272 g/mol. The van der Waals surface area contributed by atoms with Gasteiger partial charge in [-0.25, -0.2) is 18.6 Å². The number of rotatable bonds is 5. The normalized spacial score (nSPS) is 22.4. The second-order valence-corrected chi connectivity index (χ2v) is 4.50. The molecule has 0 bridgehead atoms. The SMILES string of the molecule is CCOC(=O)c1oc(C2CCOC2CC)nc1C(F)F. The fraction of sp³-hybridized carbons (Fsp3) is 0.692. The number of hydrogen-bond donors (Lipinski definition) is 0. The van der Waals surface area contributed by atoms with Gasteiger partial charge in [-0.1, -0.05) is 6.92 Å². The molecule has 1 aromatic heterocycles. The van der Waals surface area contributed by atoms with Crippen molar-refractivity contribution in [3.05, 3.63) is 17.3 Å². The summed E-state index contributed by atoms with van der Waals surface area (Å²) in [6.45, 7) is 4.15. The van der Waals surface area contributed by atoms with Gasteiger partial charge in [0.2, 0.25) is 11.7 Å². The molecule has 0 N–H and O–H groups in total. The van der Waals surface area contributed by atoms with E-state index in [0.29, 0.717) is 13.0 Å². The van der Waals surface area contributed by atoms with Gasteiger partial charge in [0.1, 0.15) is 0 Å². The lowest BCUT2D eigenvalue weighted by molar-refractivity contribution is 0.0470. The number of esters is 1. The predicted molar refractivity (Wildman–Crippen MR) is 64.8 cm³/mol. The highest BCUT2D eigenvalue weighted by molar-refractivity contribution is 5.87. The van der Waals surface area contributed by atoms with Crippen molar-refractivity contribution in [1.82, 2.24) is 4.98 Å². The van der Waals surface area contributed by atoms with Gasteiger partial charge in [0.15, 0.2) is 5.69 Å². The summed E-state index contributed by atoms with van der Waals surface area (Å²) in [4.78, 5) is 15.4. The van der Waals surface area contributed by atoms with Crippen molar-refractivity contribution in [3.63, 3.8) is 0 Å². The minimum atomic E-state index is -2.88. The van der Waals surface area contributed by atoms with Crippen LogP contribution in [0.4, 0.5) is 8.78 Å². The highest BCUT2D eigenvalue weighted by atomic mass is 19.3. The van der Waals surface area contributed by atoms with Gasteiger partial charge in [-0.2, -0.15) is 0 Å². The van der Waals surface area contributed by atoms with E-state index in [4.69, 9.17) is 13.9 Å². The summed E-state index contributed by atoms with van der Waals surface area (Å²) in [5, 5.41) is 0. The lowest BCUT2D eigenvalue weighted by atomic mass is 10.00. The van der Waals surface area contributed by atoms with Gasteiger partial charge in [-0.05, 0) is 19.8 Å². The molecule has 5 nitrogen and oxygen atoms in total. The lowest BCUT2D eigenvalue weighted by Crippen LogP contribution is -2.13. The van der Waals surface area contributed by atoms with Crippen molar-refractivity contribution >= 4 is 5.97 Å². The molecule has 1 aliphatic heterocycles. The quantitative estimate of drug-likeness (QED) is 0.779. The second-order valence-electron chi connectivity index (χ2n) is 4.50. The van der Waals surface area contributed by atoms with Crippen molar-refractivity contribution in [3.8, 4) is 0 Å². The summed E-state index contributed by atoms with van der Waals surface area (Å²) in [5.74, 6) is -1.47. The molecule has 0 amide bonds. The topological polar surface area (TPSA) is 61.6 Å². The van der Waals surface area contributed by atoms with Crippen LogP contribution in [0.25, 0.3) is 0 Å². The molecule has 112 valence electrons. The number of aromatic nitrogens is 1. The summed E-state index contributed by atoms with van der Waals surface area (Å²) < 4.78 is 41.3. The molecule has 1 aromatic rings. The van der Waals surface area contributed by atoms with E-state index >= 15 is 0 Å². The Kier molecular flexibility index (Phi) is 4.69. The summed E-state index contributed by atoms with van der Waals surface area (Å²) in [5.41, 5.74) is -0.653. The van der Waals surface area contributed by atoms with E-state index in [-0.39, 0.29) is 24.5 Å². The van der Waals surface area contributed by atoms with Crippen LogP contribution in [0.1, 0.15) is 61.2 Å². The van der Waals surface area contributed by atoms with Crippen LogP contribution in [0.2, 0.25) is 0 Å². The van der Waals surface area contributed by atoms with Gasteiger partial charge < -0.3 is 13.9 Å². The number of nitrogens with zero attached hydrogens (tertiary/aromatic N) is 1. The van der Waals surface area contributed by atoms with Crippen LogP contribution in [0, 0.1) is 0 Å². The number of ether oxygens (including phenoxy) is 2. The Labute approximate surface area is 115 Å². The molecule has 0 radical (unpaired) electrons. The Morgan fingerprint density at radius 3 is 2.85 bits per heavy atom. The number of carbonyl (C=O) groups excluding carboxylic acids is 1. The van der Waals surface area contributed by atoms with Gasteiger partial charge in [0.05, 0.1) is 18.6 Å². The Hall–Kier alpha value is -1.50. The number of halogens is 2. The Bertz CT molecular complexity index is 475. The van der Waals surface area contributed by atoms with Gasteiger partial charge in [-0.15, -0.1) is 0 Å². The fourth-order valence-corrected chi connectivity index (χ4v) is 2.33. The first-order valence-corrected chi connectivity index (χ1v) is 6.65. The Morgan fingerprint density at radius 1 is 1.50 bits per heavy atom. The zero-order valence-electron chi connectivity index (χ0n) is 11.4. The highest BCUT2D eigenvalue weighted by Crippen LogP contribution is 2.35. The molecule has 0 spiro atoms. The molecule has 1 saturated heterocycles. The predicted octanol–water partition coefficient (Wildman–Crippen LogP) is 3.07. The van der Waals surface area contributed by atoms with Crippen molar-refractivity contribution in [2.75, 3.05) is 13.2 Å². The van der Waals surface area contributed by atoms with E-state index in [1.807, 2.05) is 6.92 Å². The molecule has 0 aliphatic carbocycles. The summed E-state index contributed by atoms with van der Waals surface area (Å²) in [7, 11) is 0. The third kappa shape index (κ3) is 2.82. The molecule has 7 heteroatoms. The number of hydrogen-bond acceptors (Lipinski definition) is 5. The smallest absolute Gasteiger partial charge is 0.376 e. The van der Waals surface area contributed by atoms with Crippen LogP contribution in [0.15, 0.2) is 4.42 Å². The van der Waals surface area contributed by atoms with E-state index in [9.17, 15) is 13.6 Å². The molecule has 1 fully saturated rings. The van der Waals surface area contributed by atoms with Gasteiger partial charge in [0.25, 0.3) is 6.43 Å². The molecule has 0 aromatic carbocycles. The zero-order chi connectivity index (χ0) is 14.7. The first-order chi connectivity index (χ1) is 9.58. The van der Waals surface area contributed by atoms with E-state index in [1.165, 1.54) is 0 Å². The van der Waals surface area contributed by atoms with Gasteiger partial charge >= 0.3 is 5.97 Å². The minimum Gasteiger partial charge on any atom is -0.460 e.